The van der Waals surface area contributed by atoms with E-state index in [1.54, 1.807) is 20.1 Å². The Hall–Kier alpha value is -2.20. The molecule has 1 unspecified atom stereocenters. The smallest absolute Gasteiger partial charge is 0.261 e. The van der Waals surface area contributed by atoms with Gasteiger partial charge >= 0.3 is 0 Å². The second-order valence-electron chi connectivity index (χ2n) is 5.26. The summed E-state index contributed by atoms with van der Waals surface area (Å²) in [5.74, 6) is 1.10. The van der Waals surface area contributed by atoms with E-state index in [0.717, 1.165) is 16.9 Å². The Labute approximate surface area is 141 Å². The monoisotopic (exact) mass is 333 g/mol. The lowest BCUT2D eigenvalue weighted by molar-refractivity contribution is -0.127. The molecule has 0 bridgehead atoms. The molecule has 0 aliphatic carbocycles. The molecule has 4 nitrogen and oxygen atoms in total. The van der Waals surface area contributed by atoms with Crippen molar-refractivity contribution >= 4 is 17.5 Å². The van der Waals surface area contributed by atoms with Crippen molar-refractivity contribution in [1.82, 2.24) is 5.32 Å². The van der Waals surface area contributed by atoms with E-state index in [1.165, 1.54) is 0 Å². The number of halogens is 1. The zero-order valence-electron chi connectivity index (χ0n) is 13.4. The Balaban J connectivity index is 1.90. The van der Waals surface area contributed by atoms with Crippen LogP contribution >= 0.6 is 11.6 Å². The number of aryl methyl sites for hydroxylation is 1. The predicted molar refractivity (Wildman–Crippen MR) is 91.1 cm³/mol. The molecule has 0 aliphatic rings. The summed E-state index contributed by atoms with van der Waals surface area (Å²) < 4.78 is 10.7. The molecular formula is C18H20ClNO3. The first-order valence-corrected chi connectivity index (χ1v) is 7.71. The molecule has 5 heteroatoms. The van der Waals surface area contributed by atoms with Gasteiger partial charge in [-0.2, -0.15) is 0 Å². The second kappa shape index (κ2) is 7.88. The summed E-state index contributed by atoms with van der Waals surface area (Å²) in [5.41, 5.74) is 2.01. The van der Waals surface area contributed by atoms with Gasteiger partial charge in [-0.1, -0.05) is 29.8 Å². The van der Waals surface area contributed by atoms with Crippen molar-refractivity contribution in [3.8, 4) is 11.5 Å². The van der Waals surface area contributed by atoms with Gasteiger partial charge in [0.1, 0.15) is 11.5 Å². The number of amides is 1. The Morgan fingerprint density at radius 3 is 2.57 bits per heavy atom. The first-order chi connectivity index (χ1) is 11.0. The molecule has 0 spiro atoms. The molecule has 0 aliphatic heterocycles. The lowest BCUT2D eigenvalue weighted by Crippen LogP contribution is -2.35. The van der Waals surface area contributed by atoms with E-state index >= 15 is 0 Å². The van der Waals surface area contributed by atoms with Gasteiger partial charge in [0.05, 0.1) is 12.1 Å². The zero-order valence-corrected chi connectivity index (χ0v) is 14.2. The van der Waals surface area contributed by atoms with E-state index in [0.29, 0.717) is 17.3 Å². The van der Waals surface area contributed by atoms with E-state index in [-0.39, 0.29) is 5.91 Å². The Bertz CT molecular complexity index is 670. The quantitative estimate of drug-likeness (QED) is 0.876. The van der Waals surface area contributed by atoms with E-state index in [2.05, 4.69) is 5.32 Å². The number of carbonyl (C=O) groups is 1. The van der Waals surface area contributed by atoms with Crippen LogP contribution in [0.4, 0.5) is 0 Å². The second-order valence-corrected chi connectivity index (χ2v) is 5.67. The zero-order chi connectivity index (χ0) is 16.8. The van der Waals surface area contributed by atoms with Crippen LogP contribution in [0.3, 0.4) is 0 Å². The van der Waals surface area contributed by atoms with Crippen molar-refractivity contribution in [1.29, 1.82) is 0 Å². The topological polar surface area (TPSA) is 47.6 Å². The van der Waals surface area contributed by atoms with E-state index in [4.69, 9.17) is 21.1 Å². The van der Waals surface area contributed by atoms with Crippen LogP contribution in [0.5, 0.6) is 11.5 Å². The number of nitrogens with one attached hydrogen (secondary N) is 1. The third-order valence-corrected chi connectivity index (χ3v) is 3.70. The average Bonchev–Trinajstić information content (AvgIpc) is 2.56. The van der Waals surface area contributed by atoms with Crippen molar-refractivity contribution in [3.63, 3.8) is 0 Å². The van der Waals surface area contributed by atoms with E-state index < -0.39 is 6.10 Å². The van der Waals surface area contributed by atoms with Crippen LogP contribution in [0.1, 0.15) is 18.1 Å². The highest BCUT2D eigenvalue weighted by Gasteiger charge is 2.16. The van der Waals surface area contributed by atoms with Crippen LogP contribution in [0, 0.1) is 6.92 Å². The van der Waals surface area contributed by atoms with Crippen molar-refractivity contribution in [2.24, 2.45) is 0 Å². The summed E-state index contributed by atoms with van der Waals surface area (Å²) in [6, 6.07) is 13.0. The summed E-state index contributed by atoms with van der Waals surface area (Å²) in [4.78, 5) is 12.1. The summed E-state index contributed by atoms with van der Waals surface area (Å²) in [6.45, 7) is 4.07. The number of rotatable bonds is 6. The largest absolute Gasteiger partial charge is 0.497 e. The molecule has 0 radical (unpaired) electrons. The number of benzene rings is 2. The fraction of sp³-hybridized carbons (Fsp3) is 0.278. The van der Waals surface area contributed by atoms with E-state index in [9.17, 15) is 4.79 Å². The van der Waals surface area contributed by atoms with Crippen LogP contribution in [-0.4, -0.2) is 19.1 Å². The summed E-state index contributed by atoms with van der Waals surface area (Å²) in [5, 5.41) is 3.33. The minimum Gasteiger partial charge on any atom is -0.497 e. The van der Waals surface area contributed by atoms with Crippen LogP contribution in [0.2, 0.25) is 5.02 Å². The molecule has 23 heavy (non-hydrogen) atoms. The molecule has 2 aromatic rings. The normalized spacial score (nSPS) is 11.7. The molecule has 0 saturated carbocycles. The molecule has 0 aromatic heterocycles. The van der Waals surface area contributed by atoms with Crippen molar-refractivity contribution in [2.45, 2.75) is 26.5 Å². The lowest BCUT2D eigenvalue weighted by atomic mass is 10.2. The molecule has 2 rings (SSSR count). The maximum Gasteiger partial charge on any atom is 0.261 e. The molecule has 122 valence electrons. The fourth-order valence-corrected chi connectivity index (χ4v) is 2.18. The van der Waals surface area contributed by atoms with Crippen LogP contribution < -0.4 is 14.8 Å². The highest BCUT2D eigenvalue weighted by atomic mass is 35.5. The average molecular weight is 334 g/mol. The number of carbonyl (C=O) groups excluding carboxylic acids is 1. The number of hydrogen-bond acceptors (Lipinski definition) is 3. The van der Waals surface area contributed by atoms with Gasteiger partial charge in [0.15, 0.2) is 6.10 Å². The number of ether oxygens (including phenoxy) is 2. The first kappa shape index (κ1) is 17.2. The van der Waals surface area contributed by atoms with Gasteiger partial charge in [-0.05, 0) is 49.2 Å². The summed E-state index contributed by atoms with van der Waals surface area (Å²) in [6.07, 6.45) is -0.632. The molecular weight excluding hydrogens is 314 g/mol. The van der Waals surface area contributed by atoms with Crippen LogP contribution in [0.25, 0.3) is 0 Å². The molecule has 1 amide bonds. The minimum atomic E-state index is -0.632. The first-order valence-electron chi connectivity index (χ1n) is 7.33. The summed E-state index contributed by atoms with van der Waals surface area (Å²) >= 11 is 6.08. The van der Waals surface area contributed by atoms with Crippen LogP contribution in [-0.2, 0) is 11.3 Å². The van der Waals surface area contributed by atoms with Gasteiger partial charge in [0.25, 0.3) is 5.91 Å². The fourth-order valence-electron chi connectivity index (χ4n) is 2.02. The molecule has 1 atom stereocenters. The van der Waals surface area contributed by atoms with Crippen molar-refractivity contribution in [2.75, 3.05) is 7.11 Å². The Morgan fingerprint density at radius 1 is 1.22 bits per heavy atom. The van der Waals surface area contributed by atoms with Gasteiger partial charge in [-0.15, -0.1) is 0 Å². The molecule has 0 heterocycles. The van der Waals surface area contributed by atoms with Gasteiger partial charge in [0.2, 0.25) is 0 Å². The number of hydrogen-bond donors (Lipinski definition) is 1. The van der Waals surface area contributed by atoms with Crippen LogP contribution in [0.15, 0.2) is 42.5 Å². The molecule has 0 saturated heterocycles. The molecule has 1 N–H and O–H groups in total. The third kappa shape index (κ3) is 4.89. The Morgan fingerprint density at radius 2 is 1.91 bits per heavy atom. The highest BCUT2D eigenvalue weighted by molar-refractivity contribution is 6.32. The SMILES string of the molecule is COc1ccc(CNC(=O)C(C)Oc2cc(C)ccc2Cl)cc1. The third-order valence-electron chi connectivity index (χ3n) is 3.39. The molecule has 2 aromatic carbocycles. The van der Waals surface area contributed by atoms with E-state index in [1.807, 2.05) is 43.3 Å². The van der Waals surface area contributed by atoms with Gasteiger partial charge in [0, 0.05) is 6.54 Å². The lowest BCUT2D eigenvalue weighted by Gasteiger charge is -2.16. The summed E-state index contributed by atoms with van der Waals surface area (Å²) in [7, 11) is 1.62. The minimum absolute atomic E-state index is 0.196. The van der Waals surface area contributed by atoms with Gasteiger partial charge < -0.3 is 14.8 Å². The van der Waals surface area contributed by atoms with Crippen molar-refractivity contribution in [3.05, 3.63) is 58.6 Å². The predicted octanol–water partition coefficient (Wildman–Crippen LogP) is 3.74. The number of methoxy groups -OCH3 is 1. The van der Waals surface area contributed by atoms with Gasteiger partial charge in [-0.25, -0.2) is 0 Å². The maximum atomic E-state index is 12.1. The van der Waals surface area contributed by atoms with Gasteiger partial charge in [-0.3, -0.25) is 4.79 Å². The maximum absolute atomic E-state index is 12.1. The Kier molecular flexibility index (Phi) is 5.88. The standard InChI is InChI=1S/C18H20ClNO3/c1-12-4-9-16(19)17(10-12)23-13(2)18(21)20-11-14-5-7-15(22-3)8-6-14/h4-10,13H,11H2,1-3H3,(H,20,21). The highest BCUT2D eigenvalue weighted by Crippen LogP contribution is 2.26. The molecule has 0 fully saturated rings. The van der Waals surface area contributed by atoms with Crippen molar-refractivity contribution < 1.29 is 14.3 Å².